The van der Waals surface area contributed by atoms with Crippen molar-refractivity contribution in [3.05, 3.63) is 23.9 Å². The summed E-state index contributed by atoms with van der Waals surface area (Å²) in [6, 6.07) is 3.37. The molecule has 1 amide bonds. The number of terminal acetylenes is 1. The zero-order valence-corrected chi connectivity index (χ0v) is 12.6. The summed E-state index contributed by atoms with van der Waals surface area (Å²) in [6.07, 6.45) is 6.54. The predicted molar refractivity (Wildman–Crippen MR) is 80.9 cm³/mol. The maximum absolute atomic E-state index is 11.7. The summed E-state index contributed by atoms with van der Waals surface area (Å²) in [5.41, 5.74) is 0.423. The number of nitrogens with zero attached hydrogens (tertiary/aromatic N) is 2. The molecule has 2 rings (SSSR count). The van der Waals surface area contributed by atoms with Crippen LogP contribution in [0.4, 0.5) is 5.82 Å². The van der Waals surface area contributed by atoms with Crippen LogP contribution in [-0.2, 0) is 9.84 Å². The van der Waals surface area contributed by atoms with E-state index in [2.05, 4.69) is 16.2 Å². The molecule has 0 bridgehead atoms. The summed E-state index contributed by atoms with van der Waals surface area (Å²) in [7, 11) is -2.99. The van der Waals surface area contributed by atoms with Crippen molar-refractivity contribution in [3.8, 4) is 12.3 Å². The van der Waals surface area contributed by atoms with Gasteiger partial charge in [0.1, 0.15) is 5.82 Å². The van der Waals surface area contributed by atoms with Crippen LogP contribution in [0.25, 0.3) is 0 Å². The quantitative estimate of drug-likeness (QED) is 0.799. The second-order valence-corrected chi connectivity index (χ2v) is 7.45. The normalized spacial score (nSPS) is 20.6. The largest absolute Gasteiger partial charge is 0.354 e. The molecule has 0 aromatic carbocycles. The molecule has 1 N–H and O–H groups in total. The molecule has 1 unspecified atom stereocenters. The van der Waals surface area contributed by atoms with E-state index in [0.717, 1.165) is 0 Å². The number of pyridine rings is 1. The van der Waals surface area contributed by atoms with E-state index in [9.17, 15) is 13.2 Å². The minimum atomic E-state index is -2.99. The molecule has 112 valence electrons. The van der Waals surface area contributed by atoms with Gasteiger partial charge in [-0.3, -0.25) is 4.79 Å². The molecule has 1 aliphatic rings. The Morgan fingerprint density at radius 3 is 2.90 bits per heavy atom. The first-order valence-corrected chi connectivity index (χ1v) is 8.30. The Balaban J connectivity index is 2.06. The van der Waals surface area contributed by atoms with Crippen LogP contribution < -0.4 is 10.2 Å². The van der Waals surface area contributed by atoms with Crippen molar-refractivity contribution >= 4 is 21.6 Å². The van der Waals surface area contributed by atoms with Gasteiger partial charge >= 0.3 is 0 Å². The first kappa shape index (κ1) is 15.3. The van der Waals surface area contributed by atoms with Crippen molar-refractivity contribution in [2.45, 2.75) is 12.2 Å². The zero-order chi connectivity index (χ0) is 15.5. The molecule has 2 heterocycles. The molecule has 0 radical (unpaired) electrons. The average molecular weight is 307 g/mol. The van der Waals surface area contributed by atoms with Crippen LogP contribution in [0.2, 0.25) is 0 Å². The number of rotatable bonds is 3. The van der Waals surface area contributed by atoms with Gasteiger partial charge in [0.2, 0.25) is 0 Å². The van der Waals surface area contributed by atoms with E-state index in [1.807, 2.05) is 4.90 Å². The standard InChI is InChI=1S/C14H17N3O3S/c1-3-6-15-14(18)12-4-5-13(16-9-12)17-7-8-21(19,20)11(2)10-17/h1,4-5,9,11H,6-8,10H2,2H3,(H,15,18). The van der Waals surface area contributed by atoms with Gasteiger partial charge in [-0.2, -0.15) is 0 Å². The molecule has 0 spiro atoms. The first-order valence-electron chi connectivity index (χ1n) is 6.58. The zero-order valence-electron chi connectivity index (χ0n) is 11.7. The Labute approximate surface area is 124 Å². The van der Waals surface area contributed by atoms with E-state index < -0.39 is 15.1 Å². The second-order valence-electron chi connectivity index (χ2n) is 4.92. The molecular weight excluding hydrogens is 290 g/mol. The van der Waals surface area contributed by atoms with Crippen molar-refractivity contribution < 1.29 is 13.2 Å². The lowest BCUT2D eigenvalue weighted by Gasteiger charge is -2.31. The van der Waals surface area contributed by atoms with Gasteiger partial charge < -0.3 is 10.2 Å². The van der Waals surface area contributed by atoms with E-state index in [-0.39, 0.29) is 18.2 Å². The van der Waals surface area contributed by atoms with Crippen molar-refractivity contribution in [3.63, 3.8) is 0 Å². The fourth-order valence-electron chi connectivity index (χ4n) is 2.10. The number of amides is 1. The van der Waals surface area contributed by atoms with Crippen LogP contribution in [0.5, 0.6) is 0 Å². The van der Waals surface area contributed by atoms with Crippen LogP contribution in [0.15, 0.2) is 18.3 Å². The summed E-state index contributed by atoms with van der Waals surface area (Å²) < 4.78 is 23.4. The van der Waals surface area contributed by atoms with Crippen LogP contribution in [0.3, 0.4) is 0 Å². The van der Waals surface area contributed by atoms with E-state index in [1.165, 1.54) is 6.20 Å². The van der Waals surface area contributed by atoms with Crippen molar-refractivity contribution in [1.82, 2.24) is 10.3 Å². The van der Waals surface area contributed by atoms with Crippen LogP contribution in [0, 0.1) is 12.3 Å². The maximum Gasteiger partial charge on any atom is 0.253 e. The smallest absolute Gasteiger partial charge is 0.253 e. The van der Waals surface area contributed by atoms with Gasteiger partial charge in [-0.15, -0.1) is 6.42 Å². The van der Waals surface area contributed by atoms with Crippen LogP contribution >= 0.6 is 0 Å². The molecular formula is C14H17N3O3S. The lowest BCUT2D eigenvalue weighted by molar-refractivity contribution is 0.0958. The molecule has 7 heteroatoms. The van der Waals surface area contributed by atoms with Gasteiger partial charge in [0.25, 0.3) is 5.91 Å². The predicted octanol–water partition coefficient (Wildman–Crippen LogP) is 0.0679. The number of carbonyl (C=O) groups excluding carboxylic acids is 1. The maximum atomic E-state index is 11.7. The summed E-state index contributed by atoms with van der Waals surface area (Å²) >= 11 is 0. The second kappa shape index (κ2) is 6.14. The van der Waals surface area contributed by atoms with E-state index >= 15 is 0 Å². The Kier molecular flexibility index (Phi) is 4.48. The number of hydrogen-bond donors (Lipinski definition) is 1. The number of sulfone groups is 1. The highest BCUT2D eigenvalue weighted by Crippen LogP contribution is 2.18. The molecule has 1 fully saturated rings. The third kappa shape index (κ3) is 3.52. The van der Waals surface area contributed by atoms with E-state index in [0.29, 0.717) is 24.5 Å². The van der Waals surface area contributed by atoms with Gasteiger partial charge in [0.15, 0.2) is 9.84 Å². The Bertz CT molecular complexity index is 662. The molecule has 0 saturated carbocycles. The van der Waals surface area contributed by atoms with Crippen LogP contribution in [-0.4, -0.2) is 49.9 Å². The number of carbonyl (C=O) groups is 1. The Morgan fingerprint density at radius 1 is 1.57 bits per heavy atom. The van der Waals surface area contributed by atoms with E-state index in [4.69, 9.17) is 6.42 Å². The summed E-state index contributed by atoms with van der Waals surface area (Å²) in [4.78, 5) is 17.8. The lowest BCUT2D eigenvalue weighted by Crippen LogP contribution is -2.45. The molecule has 1 aliphatic heterocycles. The molecule has 1 aromatic heterocycles. The van der Waals surface area contributed by atoms with Gasteiger partial charge in [-0.1, -0.05) is 5.92 Å². The van der Waals surface area contributed by atoms with Gasteiger partial charge in [-0.05, 0) is 19.1 Å². The average Bonchev–Trinajstić information content (AvgIpc) is 2.48. The number of aromatic nitrogens is 1. The molecule has 1 atom stereocenters. The Morgan fingerprint density at radius 2 is 2.33 bits per heavy atom. The molecule has 1 aromatic rings. The molecule has 21 heavy (non-hydrogen) atoms. The highest BCUT2D eigenvalue weighted by Gasteiger charge is 2.29. The Hall–Kier alpha value is -2.07. The molecule has 6 nitrogen and oxygen atoms in total. The SMILES string of the molecule is C#CCNC(=O)c1ccc(N2CCS(=O)(=O)C(C)C2)nc1. The van der Waals surface area contributed by atoms with Crippen molar-refractivity contribution in [1.29, 1.82) is 0 Å². The topological polar surface area (TPSA) is 79.4 Å². The third-order valence-corrected chi connectivity index (χ3v) is 5.55. The highest BCUT2D eigenvalue weighted by molar-refractivity contribution is 7.92. The van der Waals surface area contributed by atoms with Gasteiger partial charge in [0, 0.05) is 19.3 Å². The van der Waals surface area contributed by atoms with Crippen molar-refractivity contribution in [2.24, 2.45) is 0 Å². The fourth-order valence-corrected chi connectivity index (χ4v) is 3.39. The highest BCUT2D eigenvalue weighted by atomic mass is 32.2. The van der Waals surface area contributed by atoms with Crippen LogP contribution in [0.1, 0.15) is 17.3 Å². The lowest BCUT2D eigenvalue weighted by atomic mass is 10.2. The number of anilines is 1. The molecule has 0 aliphatic carbocycles. The minimum Gasteiger partial charge on any atom is -0.354 e. The minimum absolute atomic E-state index is 0.125. The van der Waals surface area contributed by atoms with Crippen molar-refractivity contribution in [2.75, 3.05) is 30.3 Å². The fraction of sp³-hybridized carbons (Fsp3) is 0.429. The molecule has 1 saturated heterocycles. The summed E-state index contributed by atoms with van der Waals surface area (Å²) in [5, 5.41) is 2.15. The monoisotopic (exact) mass is 307 g/mol. The summed E-state index contributed by atoms with van der Waals surface area (Å²) in [5.74, 6) is 2.85. The summed E-state index contributed by atoms with van der Waals surface area (Å²) in [6.45, 7) is 2.70. The van der Waals surface area contributed by atoms with Gasteiger partial charge in [-0.25, -0.2) is 13.4 Å². The number of nitrogens with one attached hydrogen (secondary N) is 1. The van der Waals surface area contributed by atoms with E-state index in [1.54, 1.807) is 19.1 Å². The first-order chi connectivity index (χ1) is 9.94. The number of hydrogen-bond acceptors (Lipinski definition) is 5. The third-order valence-electron chi connectivity index (χ3n) is 3.42. The van der Waals surface area contributed by atoms with Gasteiger partial charge in [0.05, 0.1) is 23.1 Å².